The summed E-state index contributed by atoms with van der Waals surface area (Å²) in [7, 11) is 0. The highest BCUT2D eigenvalue weighted by Gasteiger charge is 2.29. The van der Waals surface area contributed by atoms with Crippen molar-refractivity contribution in [2.45, 2.75) is 38.8 Å². The van der Waals surface area contributed by atoms with E-state index in [9.17, 15) is 4.79 Å². The van der Waals surface area contributed by atoms with Crippen molar-refractivity contribution in [3.63, 3.8) is 0 Å². The molecule has 1 saturated heterocycles. The summed E-state index contributed by atoms with van der Waals surface area (Å²) in [6, 6.07) is 8.23. The molecule has 0 bridgehead atoms. The average Bonchev–Trinajstić information content (AvgIpc) is 3.31. The molecule has 1 N–H and O–H groups in total. The number of rotatable bonds is 7. The fourth-order valence-corrected chi connectivity index (χ4v) is 3.20. The van der Waals surface area contributed by atoms with Crippen molar-refractivity contribution >= 4 is 6.03 Å². The summed E-state index contributed by atoms with van der Waals surface area (Å²) >= 11 is 0. The van der Waals surface area contributed by atoms with Crippen molar-refractivity contribution in [3.8, 4) is 5.75 Å². The topological polar surface area (TPSA) is 72.3 Å². The summed E-state index contributed by atoms with van der Waals surface area (Å²) in [6.45, 7) is 4.81. The highest BCUT2D eigenvalue weighted by atomic mass is 16.5. The number of aromatic nitrogens is 3. The highest BCUT2D eigenvalue weighted by molar-refractivity contribution is 5.75. The van der Waals surface area contributed by atoms with Gasteiger partial charge in [-0.3, -0.25) is 4.68 Å². The zero-order valence-corrected chi connectivity index (χ0v) is 14.6. The first-order valence-electron chi connectivity index (χ1n) is 8.87. The summed E-state index contributed by atoms with van der Waals surface area (Å²) < 4.78 is 7.26. The molecule has 1 atom stereocenters. The maximum absolute atomic E-state index is 12.5. The number of amides is 2. The lowest BCUT2D eigenvalue weighted by atomic mass is 10.0. The summed E-state index contributed by atoms with van der Waals surface area (Å²) in [5.74, 6) is 0.869. The first kappa shape index (κ1) is 17.3. The van der Waals surface area contributed by atoms with Crippen LogP contribution in [0.1, 0.15) is 37.8 Å². The van der Waals surface area contributed by atoms with E-state index in [-0.39, 0.29) is 12.1 Å². The lowest BCUT2D eigenvalue weighted by Gasteiger charge is -2.25. The van der Waals surface area contributed by atoms with Crippen LogP contribution >= 0.6 is 0 Å². The molecule has 7 heteroatoms. The van der Waals surface area contributed by atoms with Crippen LogP contribution in [0.15, 0.2) is 36.9 Å². The molecule has 2 heterocycles. The molecule has 0 unspecified atom stereocenters. The molecule has 1 aliphatic rings. The van der Waals surface area contributed by atoms with E-state index in [0.29, 0.717) is 13.2 Å². The Balaban J connectivity index is 1.50. The number of nitrogens with one attached hydrogen (secondary N) is 1. The van der Waals surface area contributed by atoms with E-state index < -0.39 is 0 Å². The van der Waals surface area contributed by atoms with E-state index in [1.165, 1.54) is 11.9 Å². The Labute approximate surface area is 148 Å². The number of carbonyl (C=O) groups excluding carboxylic acids is 1. The third-order valence-corrected chi connectivity index (χ3v) is 4.40. The number of benzene rings is 1. The summed E-state index contributed by atoms with van der Waals surface area (Å²) in [5, 5.41) is 7.07. The molecule has 0 spiro atoms. The van der Waals surface area contributed by atoms with Gasteiger partial charge in [0.15, 0.2) is 0 Å². The number of aryl methyl sites for hydroxylation is 1. The molecule has 2 aromatic rings. The number of ether oxygens (including phenoxy) is 1. The van der Waals surface area contributed by atoms with Crippen molar-refractivity contribution in [2.75, 3.05) is 19.7 Å². The number of nitrogens with zero attached hydrogens (tertiary/aromatic N) is 4. The zero-order valence-electron chi connectivity index (χ0n) is 14.6. The molecule has 0 saturated carbocycles. The quantitative estimate of drug-likeness (QED) is 0.785. The Morgan fingerprint density at radius 2 is 2.20 bits per heavy atom. The van der Waals surface area contributed by atoms with E-state index in [0.717, 1.165) is 38.1 Å². The molecule has 1 aromatic carbocycles. The van der Waals surface area contributed by atoms with Crippen molar-refractivity contribution < 1.29 is 9.53 Å². The maximum atomic E-state index is 12.5. The van der Waals surface area contributed by atoms with Gasteiger partial charge in [-0.05, 0) is 43.9 Å². The summed E-state index contributed by atoms with van der Waals surface area (Å²) in [6.07, 6.45) is 6.07. The Kier molecular flexibility index (Phi) is 5.87. The third kappa shape index (κ3) is 4.49. The van der Waals surface area contributed by atoms with Crippen LogP contribution in [0.25, 0.3) is 0 Å². The number of urea groups is 1. The number of likely N-dealkylation sites (tertiary alicyclic amines) is 1. The van der Waals surface area contributed by atoms with Gasteiger partial charge in [-0.2, -0.15) is 5.10 Å². The van der Waals surface area contributed by atoms with Gasteiger partial charge in [0.1, 0.15) is 18.4 Å². The van der Waals surface area contributed by atoms with Crippen LogP contribution in [0, 0.1) is 0 Å². The fourth-order valence-electron chi connectivity index (χ4n) is 3.20. The second kappa shape index (κ2) is 8.50. The molecule has 2 amide bonds. The molecule has 3 rings (SSSR count). The minimum Gasteiger partial charge on any atom is -0.494 e. The molecule has 0 aliphatic carbocycles. The predicted molar refractivity (Wildman–Crippen MR) is 94.3 cm³/mol. The van der Waals surface area contributed by atoms with E-state index >= 15 is 0 Å². The van der Waals surface area contributed by atoms with E-state index in [4.69, 9.17) is 4.74 Å². The van der Waals surface area contributed by atoms with Crippen LogP contribution in [0.5, 0.6) is 5.75 Å². The lowest BCUT2D eigenvalue weighted by Crippen LogP contribution is -2.40. The standard InChI is InChI=1S/C18H25N5O2/c1-2-25-16-8-6-15(7-9-16)17-5-3-12-23(17)18(24)20-10-4-11-22-14-19-13-21-22/h6-9,13-14,17H,2-5,10-12H2,1H3,(H,20,24)/t17-/m1/s1. The molecule has 1 fully saturated rings. The Morgan fingerprint density at radius 1 is 1.36 bits per heavy atom. The maximum Gasteiger partial charge on any atom is 0.317 e. The molecule has 134 valence electrons. The molecule has 7 nitrogen and oxygen atoms in total. The van der Waals surface area contributed by atoms with E-state index in [1.54, 1.807) is 11.0 Å². The average molecular weight is 343 g/mol. The van der Waals surface area contributed by atoms with Gasteiger partial charge in [0, 0.05) is 19.6 Å². The van der Waals surface area contributed by atoms with Gasteiger partial charge >= 0.3 is 6.03 Å². The van der Waals surface area contributed by atoms with Gasteiger partial charge in [-0.1, -0.05) is 12.1 Å². The predicted octanol–water partition coefficient (Wildman–Crippen LogP) is 2.61. The second-order valence-corrected chi connectivity index (χ2v) is 6.10. The first-order chi connectivity index (χ1) is 12.3. The van der Waals surface area contributed by atoms with Gasteiger partial charge in [0.25, 0.3) is 0 Å². The van der Waals surface area contributed by atoms with Gasteiger partial charge < -0.3 is 15.0 Å². The van der Waals surface area contributed by atoms with Crippen molar-refractivity contribution in [1.29, 1.82) is 0 Å². The molecular weight excluding hydrogens is 318 g/mol. The molecular formula is C18H25N5O2. The van der Waals surface area contributed by atoms with Crippen LogP contribution in [0.3, 0.4) is 0 Å². The first-order valence-corrected chi connectivity index (χ1v) is 8.87. The SMILES string of the molecule is CCOc1ccc([C@H]2CCCN2C(=O)NCCCn2cncn2)cc1. The minimum absolute atomic E-state index is 0.00924. The Bertz CT molecular complexity index is 657. The van der Waals surface area contributed by atoms with Gasteiger partial charge in [-0.25, -0.2) is 9.78 Å². The number of hydrogen-bond acceptors (Lipinski definition) is 4. The van der Waals surface area contributed by atoms with Gasteiger partial charge in [0.2, 0.25) is 0 Å². The lowest BCUT2D eigenvalue weighted by molar-refractivity contribution is 0.192. The zero-order chi connectivity index (χ0) is 17.5. The summed E-state index contributed by atoms with van der Waals surface area (Å²) in [5.41, 5.74) is 1.17. The van der Waals surface area contributed by atoms with Crippen molar-refractivity contribution in [3.05, 3.63) is 42.5 Å². The van der Waals surface area contributed by atoms with Crippen LogP contribution in [0.2, 0.25) is 0 Å². The Hall–Kier alpha value is -2.57. The molecule has 25 heavy (non-hydrogen) atoms. The largest absolute Gasteiger partial charge is 0.494 e. The van der Waals surface area contributed by atoms with Crippen LogP contribution < -0.4 is 10.1 Å². The highest BCUT2D eigenvalue weighted by Crippen LogP contribution is 2.32. The smallest absolute Gasteiger partial charge is 0.317 e. The number of carbonyl (C=O) groups is 1. The normalized spacial score (nSPS) is 16.8. The van der Waals surface area contributed by atoms with E-state index in [2.05, 4.69) is 27.5 Å². The molecule has 0 radical (unpaired) electrons. The van der Waals surface area contributed by atoms with Crippen LogP contribution in [-0.4, -0.2) is 45.4 Å². The third-order valence-electron chi connectivity index (χ3n) is 4.40. The number of hydrogen-bond donors (Lipinski definition) is 1. The Morgan fingerprint density at radius 3 is 2.92 bits per heavy atom. The van der Waals surface area contributed by atoms with Gasteiger partial charge in [0.05, 0.1) is 12.6 Å². The molecule has 1 aromatic heterocycles. The van der Waals surface area contributed by atoms with Crippen molar-refractivity contribution in [1.82, 2.24) is 25.0 Å². The van der Waals surface area contributed by atoms with E-state index in [1.807, 2.05) is 24.0 Å². The van der Waals surface area contributed by atoms with Crippen molar-refractivity contribution in [2.24, 2.45) is 0 Å². The van der Waals surface area contributed by atoms with Crippen LogP contribution in [0.4, 0.5) is 4.79 Å². The van der Waals surface area contributed by atoms with Crippen LogP contribution in [-0.2, 0) is 6.54 Å². The summed E-state index contributed by atoms with van der Waals surface area (Å²) in [4.78, 5) is 18.4. The molecule has 1 aliphatic heterocycles. The second-order valence-electron chi connectivity index (χ2n) is 6.10. The fraction of sp³-hybridized carbons (Fsp3) is 0.500. The van der Waals surface area contributed by atoms with Gasteiger partial charge in [-0.15, -0.1) is 0 Å². The monoisotopic (exact) mass is 343 g/mol. The minimum atomic E-state index is 0.00924.